The summed E-state index contributed by atoms with van der Waals surface area (Å²) in [6.07, 6.45) is 6.76. The SMILES string of the molecule is CCN1C(=O)C(C)(C)C(=O)N(C)c2cc(OCCCNC(CCn3ccc4oc(-c5ccccc5)cc4c3=O)c3ccncc3)ccc21.Cl.Cl. The van der Waals surface area contributed by atoms with Crippen molar-refractivity contribution in [1.82, 2.24) is 14.9 Å². The van der Waals surface area contributed by atoms with Crippen LogP contribution in [-0.2, 0) is 16.1 Å². The number of fused-ring (bicyclic) bond motifs is 2. The van der Waals surface area contributed by atoms with Gasteiger partial charge in [-0.2, -0.15) is 0 Å². The molecule has 264 valence electrons. The second-order valence-corrected chi connectivity index (χ2v) is 12.5. The first-order valence-electron chi connectivity index (χ1n) is 16.4. The normalized spacial score (nSPS) is 14.4. The summed E-state index contributed by atoms with van der Waals surface area (Å²) in [5, 5.41) is 4.20. The van der Waals surface area contributed by atoms with Crippen molar-refractivity contribution in [3.8, 4) is 17.1 Å². The molecular formula is C38H43Cl2N5O5. The van der Waals surface area contributed by atoms with E-state index in [4.69, 9.17) is 9.15 Å². The molecule has 0 saturated heterocycles. The lowest BCUT2D eigenvalue weighted by molar-refractivity contribution is -0.137. The highest BCUT2D eigenvalue weighted by Gasteiger charge is 2.45. The summed E-state index contributed by atoms with van der Waals surface area (Å²) >= 11 is 0. The van der Waals surface area contributed by atoms with Crippen LogP contribution in [0, 0.1) is 5.41 Å². The molecule has 4 heterocycles. The van der Waals surface area contributed by atoms with E-state index in [9.17, 15) is 14.4 Å². The van der Waals surface area contributed by atoms with Crippen LogP contribution < -0.4 is 25.4 Å². The van der Waals surface area contributed by atoms with Gasteiger partial charge in [-0.05, 0) is 82.1 Å². The van der Waals surface area contributed by atoms with Gasteiger partial charge in [-0.1, -0.05) is 30.3 Å². The van der Waals surface area contributed by atoms with E-state index in [1.54, 1.807) is 53.9 Å². The van der Waals surface area contributed by atoms with Crippen LogP contribution in [0.2, 0.25) is 0 Å². The Kier molecular flexibility index (Phi) is 12.5. The first kappa shape index (κ1) is 38.2. The Morgan fingerprint density at radius 3 is 2.38 bits per heavy atom. The Hall–Kier alpha value is -4.64. The van der Waals surface area contributed by atoms with Gasteiger partial charge < -0.3 is 28.8 Å². The molecule has 12 heteroatoms. The fourth-order valence-corrected chi connectivity index (χ4v) is 6.26. The molecule has 5 aromatic rings. The third-order valence-electron chi connectivity index (χ3n) is 9.00. The molecule has 0 spiro atoms. The standard InChI is InChI=1S/C38H41N5O5.2ClH/c1-5-43-31-13-12-28(24-32(31)41(4)36(45)38(2,3)37(43)46)47-23-9-18-40-30(26-14-19-39-20-15-26)16-21-42-22-17-33-29(35(42)44)25-34(48-33)27-10-7-6-8-11-27;;/h6-8,10-15,17,19-20,22,24-25,30,40H,5,9,16,18,21,23H2,1-4H3;2*1H. The van der Waals surface area contributed by atoms with E-state index in [1.807, 2.05) is 79.7 Å². The second-order valence-electron chi connectivity index (χ2n) is 12.5. The van der Waals surface area contributed by atoms with E-state index in [0.29, 0.717) is 66.5 Å². The summed E-state index contributed by atoms with van der Waals surface area (Å²) in [6, 6.07) is 22.9. The Balaban J connectivity index is 0.00000281. The molecule has 3 aromatic heterocycles. The van der Waals surface area contributed by atoms with Crippen molar-refractivity contribution in [3.63, 3.8) is 0 Å². The van der Waals surface area contributed by atoms with Crippen LogP contribution in [0.5, 0.6) is 5.75 Å². The highest BCUT2D eigenvalue weighted by atomic mass is 35.5. The number of hydrogen-bond donors (Lipinski definition) is 1. The Morgan fingerprint density at radius 1 is 0.920 bits per heavy atom. The number of rotatable bonds is 12. The second kappa shape index (κ2) is 16.4. The van der Waals surface area contributed by atoms with E-state index in [1.165, 1.54) is 0 Å². The molecule has 2 amide bonds. The number of anilines is 2. The molecule has 0 bridgehead atoms. The molecule has 0 saturated carbocycles. The van der Waals surface area contributed by atoms with Crippen molar-refractivity contribution in [2.75, 3.05) is 36.5 Å². The number of benzene rings is 2. The number of carbonyl (C=O) groups excluding carboxylic acids is 2. The topological polar surface area (TPSA) is 110 Å². The zero-order valence-electron chi connectivity index (χ0n) is 28.6. The van der Waals surface area contributed by atoms with Gasteiger partial charge in [-0.15, -0.1) is 24.8 Å². The van der Waals surface area contributed by atoms with Gasteiger partial charge in [0.05, 0.1) is 23.4 Å². The molecule has 0 radical (unpaired) electrons. The largest absolute Gasteiger partial charge is 0.493 e. The number of furan rings is 1. The van der Waals surface area contributed by atoms with Gasteiger partial charge in [0.25, 0.3) is 5.56 Å². The number of halogens is 2. The molecule has 0 fully saturated rings. The number of carbonyl (C=O) groups is 2. The van der Waals surface area contributed by atoms with Crippen molar-refractivity contribution in [3.05, 3.63) is 107 Å². The van der Waals surface area contributed by atoms with Gasteiger partial charge in [0, 0.05) is 56.4 Å². The number of nitrogens with one attached hydrogen (secondary N) is 1. The highest BCUT2D eigenvalue weighted by molar-refractivity contribution is 6.20. The zero-order chi connectivity index (χ0) is 33.8. The maximum absolute atomic E-state index is 13.4. The van der Waals surface area contributed by atoms with Crippen LogP contribution >= 0.6 is 24.8 Å². The number of nitrogens with zero attached hydrogens (tertiary/aromatic N) is 4. The number of pyridine rings is 2. The lowest BCUT2D eigenvalue weighted by Gasteiger charge is -2.27. The maximum atomic E-state index is 13.4. The lowest BCUT2D eigenvalue weighted by Crippen LogP contribution is -2.47. The fourth-order valence-electron chi connectivity index (χ4n) is 6.26. The molecule has 10 nitrogen and oxygen atoms in total. The van der Waals surface area contributed by atoms with Crippen molar-refractivity contribution >= 4 is 59.0 Å². The number of hydrogen-bond acceptors (Lipinski definition) is 7. The minimum Gasteiger partial charge on any atom is -0.493 e. The molecule has 1 aliphatic heterocycles. The van der Waals surface area contributed by atoms with Crippen LogP contribution in [-0.4, -0.2) is 48.1 Å². The first-order chi connectivity index (χ1) is 23.2. The maximum Gasteiger partial charge on any atom is 0.261 e. The summed E-state index contributed by atoms with van der Waals surface area (Å²) < 4.78 is 13.8. The smallest absolute Gasteiger partial charge is 0.261 e. The Morgan fingerprint density at radius 2 is 1.66 bits per heavy atom. The van der Waals surface area contributed by atoms with E-state index in [0.717, 1.165) is 17.5 Å². The summed E-state index contributed by atoms with van der Waals surface area (Å²) in [5.41, 5.74) is 2.70. The monoisotopic (exact) mass is 719 g/mol. The molecule has 0 aliphatic carbocycles. The molecule has 1 atom stereocenters. The average Bonchev–Trinajstić information content (AvgIpc) is 3.54. The predicted molar refractivity (Wildman–Crippen MR) is 202 cm³/mol. The molecular weight excluding hydrogens is 677 g/mol. The van der Waals surface area contributed by atoms with Crippen LogP contribution in [0.25, 0.3) is 22.3 Å². The molecule has 6 rings (SSSR count). The van der Waals surface area contributed by atoms with Crippen molar-refractivity contribution < 1.29 is 18.7 Å². The van der Waals surface area contributed by atoms with Crippen LogP contribution in [0.4, 0.5) is 11.4 Å². The average molecular weight is 721 g/mol. The molecule has 1 N–H and O–H groups in total. The summed E-state index contributed by atoms with van der Waals surface area (Å²) in [6.45, 7) is 7.36. The molecule has 1 aliphatic rings. The van der Waals surface area contributed by atoms with Gasteiger partial charge in [0.15, 0.2) is 0 Å². The summed E-state index contributed by atoms with van der Waals surface area (Å²) in [4.78, 5) is 47.1. The molecule has 2 aromatic carbocycles. The summed E-state index contributed by atoms with van der Waals surface area (Å²) in [5.74, 6) is 0.837. The van der Waals surface area contributed by atoms with Gasteiger partial charge in [0.2, 0.25) is 11.8 Å². The molecule has 1 unspecified atom stereocenters. The van der Waals surface area contributed by atoms with Crippen molar-refractivity contribution in [2.24, 2.45) is 5.41 Å². The van der Waals surface area contributed by atoms with E-state index >= 15 is 0 Å². The van der Waals surface area contributed by atoms with Gasteiger partial charge in [-0.25, -0.2) is 0 Å². The van der Waals surface area contributed by atoms with Gasteiger partial charge in [-0.3, -0.25) is 19.4 Å². The summed E-state index contributed by atoms with van der Waals surface area (Å²) in [7, 11) is 1.70. The Bertz CT molecular complexity index is 1980. The number of amides is 2. The van der Waals surface area contributed by atoms with Gasteiger partial charge >= 0.3 is 0 Å². The quantitative estimate of drug-likeness (QED) is 0.109. The van der Waals surface area contributed by atoms with Crippen LogP contribution in [0.1, 0.15) is 45.2 Å². The lowest BCUT2D eigenvalue weighted by atomic mass is 9.90. The highest BCUT2D eigenvalue weighted by Crippen LogP contribution is 2.40. The van der Waals surface area contributed by atoms with Crippen LogP contribution in [0.15, 0.2) is 101 Å². The zero-order valence-corrected chi connectivity index (χ0v) is 30.3. The third kappa shape index (κ3) is 7.72. The van der Waals surface area contributed by atoms with Crippen molar-refractivity contribution in [2.45, 2.75) is 46.2 Å². The van der Waals surface area contributed by atoms with E-state index < -0.39 is 5.41 Å². The Labute approximate surface area is 304 Å². The minimum atomic E-state index is -1.16. The van der Waals surface area contributed by atoms with E-state index in [2.05, 4.69) is 10.3 Å². The minimum absolute atomic E-state index is 0. The first-order valence-corrected chi connectivity index (χ1v) is 16.4. The van der Waals surface area contributed by atoms with Crippen molar-refractivity contribution in [1.29, 1.82) is 0 Å². The number of aryl methyl sites for hydroxylation is 1. The third-order valence-corrected chi connectivity index (χ3v) is 9.00. The predicted octanol–water partition coefficient (Wildman–Crippen LogP) is 7.05. The molecule has 50 heavy (non-hydrogen) atoms. The van der Waals surface area contributed by atoms with E-state index in [-0.39, 0.29) is 48.2 Å². The number of aromatic nitrogens is 2. The van der Waals surface area contributed by atoms with Crippen LogP contribution in [0.3, 0.4) is 0 Å². The van der Waals surface area contributed by atoms with Gasteiger partial charge in [0.1, 0.15) is 22.5 Å². The fraction of sp³-hybridized carbons (Fsp3) is 0.316. The number of ether oxygens (including phenoxy) is 1.